The Morgan fingerprint density at radius 2 is 1.94 bits per heavy atom. The first-order chi connectivity index (χ1) is 8.20. The maximum Gasteiger partial charge on any atom is 0.323 e. The minimum Gasteiger partial charge on any atom is -0.354 e. The lowest BCUT2D eigenvalue weighted by Gasteiger charge is -2.02. The molecule has 0 bridgehead atoms. The Hall–Kier alpha value is -2.30. The second-order valence-corrected chi connectivity index (χ2v) is 3.67. The molecule has 1 aromatic carbocycles. The molecule has 0 saturated heterocycles. The first kappa shape index (κ1) is 11.2. The molecule has 5 nitrogen and oxygen atoms in total. The topological polar surface area (TPSA) is 77.8 Å². The fourth-order valence-corrected chi connectivity index (χ4v) is 1.67. The van der Waals surface area contributed by atoms with Gasteiger partial charge >= 0.3 is 5.69 Å². The zero-order valence-electron chi connectivity index (χ0n) is 9.41. The number of benzene rings is 1. The molecular formula is C12H13N3O2. The normalized spacial score (nSPS) is 10.2. The summed E-state index contributed by atoms with van der Waals surface area (Å²) in [5.74, 6) is -0.297. The molecule has 0 aliphatic carbocycles. The Morgan fingerprint density at radius 3 is 2.59 bits per heavy atom. The highest BCUT2D eigenvalue weighted by molar-refractivity contribution is 5.93. The summed E-state index contributed by atoms with van der Waals surface area (Å²) in [6, 6.07) is 9.64. The van der Waals surface area contributed by atoms with Crippen molar-refractivity contribution >= 4 is 5.91 Å². The highest BCUT2D eigenvalue weighted by Gasteiger charge is 2.13. The molecular weight excluding hydrogens is 218 g/mol. The summed E-state index contributed by atoms with van der Waals surface area (Å²) in [7, 11) is 1.53. The third kappa shape index (κ3) is 2.44. The molecule has 2 aromatic rings. The molecule has 0 aliphatic heterocycles. The third-order valence-electron chi connectivity index (χ3n) is 2.48. The number of hydrogen-bond donors (Lipinski definition) is 3. The van der Waals surface area contributed by atoms with Crippen LogP contribution in [0.2, 0.25) is 0 Å². The second-order valence-electron chi connectivity index (χ2n) is 3.67. The Labute approximate surface area is 97.9 Å². The van der Waals surface area contributed by atoms with Gasteiger partial charge in [-0.15, -0.1) is 0 Å². The number of aromatic nitrogens is 2. The summed E-state index contributed by atoms with van der Waals surface area (Å²) in [5, 5.41) is 2.49. The van der Waals surface area contributed by atoms with Crippen molar-refractivity contribution in [3.63, 3.8) is 0 Å². The standard InChI is InChI=1S/C12H13N3O2/c1-13-11(16)10-9(14-12(17)15-10)7-8-5-3-2-4-6-8/h2-6H,7H2,1H3,(H,13,16)(H2,14,15,17). The molecule has 0 spiro atoms. The van der Waals surface area contributed by atoms with Crippen LogP contribution < -0.4 is 11.0 Å². The van der Waals surface area contributed by atoms with Gasteiger partial charge in [-0.3, -0.25) is 4.79 Å². The number of imidazole rings is 1. The van der Waals surface area contributed by atoms with E-state index in [0.29, 0.717) is 17.8 Å². The van der Waals surface area contributed by atoms with Crippen LogP contribution in [0.15, 0.2) is 35.1 Å². The summed E-state index contributed by atoms with van der Waals surface area (Å²) in [4.78, 5) is 27.9. The summed E-state index contributed by atoms with van der Waals surface area (Å²) >= 11 is 0. The van der Waals surface area contributed by atoms with E-state index in [-0.39, 0.29) is 11.6 Å². The van der Waals surface area contributed by atoms with Crippen LogP contribution in [0.25, 0.3) is 0 Å². The van der Waals surface area contributed by atoms with Crippen molar-refractivity contribution in [1.82, 2.24) is 15.3 Å². The molecule has 17 heavy (non-hydrogen) atoms. The van der Waals surface area contributed by atoms with Gasteiger partial charge in [0.25, 0.3) is 5.91 Å². The zero-order valence-corrected chi connectivity index (χ0v) is 9.41. The fourth-order valence-electron chi connectivity index (χ4n) is 1.67. The molecule has 1 amide bonds. The lowest BCUT2D eigenvalue weighted by Crippen LogP contribution is -2.20. The zero-order chi connectivity index (χ0) is 12.3. The van der Waals surface area contributed by atoms with Gasteiger partial charge in [0.05, 0.1) is 5.69 Å². The number of aromatic amines is 2. The summed E-state index contributed by atoms with van der Waals surface area (Å²) in [6.07, 6.45) is 0.516. The first-order valence-corrected chi connectivity index (χ1v) is 5.28. The largest absolute Gasteiger partial charge is 0.354 e. The number of H-pyrrole nitrogens is 2. The van der Waals surface area contributed by atoms with E-state index < -0.39 is 0 Å². The molecule has 3 N–H and O–H groups in total. The van der Waals surface area contributed by atoms with Crippen LogP contribution in [0, 0.1) is 0 Å². The monoisotopic (exact) mass is 231 g/mol. The quantitative estimate of drug-likeness (QED) is 0.725. The lowest BCUT2D eigenvalue weighted by atomic mass is 10.1. The third-order valence-corrected chi connectivity index (χ3v) is 2.48. The Bertz CT molecular complexity index is 569. The highest BCUT2D eigenvalue weighted by atomic mass is 16.2. The molecule has 0 aliphatic rings. The Balaban J connectivity index is 2.33. The molecule has 0 atom stereocenters. The van der Waals surface area contributed by atoms with Crippen LogP contribution in [0.4, 0.5) is 0 Å². The number of hydrogen-bond acceptors (Lipinski definition) is 2. The molecule has 5 heteroatoms. The van der Waals surface area contributed by atoms with Crippen LogP contribution in [0.1, 0.15) is 21.7 Å². The van der Waals surface area contributed by atoms with Gasteiger partial charge in [-0.25, -0.2) is 4.79 Å². The van der Waals surface area contributed by atoms with E-state index in [9.17, 15) is 9.59 Å². The van der Waals surface area contributed by atoms with Crippen molar-refractivity contribution in [1.29, 1.82) is 0 Å². The van der Waals surface area contributed by atoms with Crippen molar-refractivity contribution < 1.29 is 4.79 Å². The summed E-state index contributed by atoms with van der Waals surface area (Å²) in [5.41, 5.74) is 1.56. The van der Waals surface area contributed by atoms with Crippen molar-refractivity contribution in [2.75, 3.05) is 7.05 Å². The van der Waals surface area contributed by atoms with Crippen molar-refractivity contribution in [2.24, 2.45) is 0 Å². The molecule has 0 saturated carbocycles. The molecule has 2 rings (SSSR count). The van der Waals surface area contributed by atoms with Gasteiger partial charge in [0.1, 0.15) is 5.69 Å². The number of nitrogens with one attached hydrogen (secondary N) is 3. The molecule has 0 fully saturated rings. The van der Waals surface area contributed by atoms with E-state index >= 15 is 0 Å². The van der Waals surface area contributed by atoms with E-state index in [4.69, 9.17) is 0 Å². The van der Waals surface area contributed by atoms with E-state index in [1.807, 2.05) is 30.3 Å². The maximum absolute atomic E-state index is 11.5. The molecule has 0 radical (unpaired) electrons. The highest BCUT2D eigenvalue weighted by Crippen LogP contribution is 2.08. The van der Waals surface area contributed by atoms with E-state index in [0.717, 1.165) is 5.56 Å². The number of carbonyl (C=O) groups excluding carboxylic acids is 1. The Morgan fingerprint density at radius 1 is 1.24 bits per heavy atom. The van der Waals surface area contributed by atoms with Gasteiger partial charge in [-0.1, -0.05) is 30.3 Å². The maximum atomic E-state index is 11.5. The average molecular weight is 231 g/mol. The van der Waals surface area contributed by atoms with Crippen molar-refractivity contribution in [3.8, 4) is 0 Å². The van der Waals surface area contributed by atoms with Crippen LogP contribution in [-0.4, -0.2) is 22.9 Å². The van der Waals surface area contributed by atoms with Gasteiger partial charge in [0, 0.05) is 13.5 Å². The summed E-state index contributed by atoms with van der Waals surface area (Å²) < 4.78 is 0. The van der Waals surface area contributed by atoms with E-state index in [2.05, 4.69) is 15.3 Å². The second kappa shape index (κ2) is 4.69. The van der Waals surface area contributed by atoms with Crippen LogP contribution in [-0.2, 0) is 6.42 Å². The smallest absolute Gasteiger partial charge is 0.323 e. The van der Waals surface area contributed by atoms with Gasteiger partial charge < -0.3 is 15.3 Å². The minimum absolute atomic E-state index is 0.293. The minimum atomic E-state index is -0.366. The van der Waals surface area contributed by atoms with Gasteiger partial charge in [-0.2, -0.15) is 0 Å². The predicted molar refractivity (Wildman–Crippen MR) is 64.1 cm³/mol. The van der Waals surface area contributed by atoms with Crippen molar-refractivity contribution in [2.45, 2.75) is 6.42 Å². The first-order valence-electron chi connectivity index (χ1n) is 5.28. The molecule has 1 aromatic heterocycles. The van der Waals surface area contributed by atoms with E-state index in [1.165, 1.54) is 7.05 Å². The molecule has 0 unspecified atom stereocenters. The van der Waals surface area contributed by atoms with E-state index in [1.54, 1.807) is 0 Å². The fraction of sp³-hybridized carbons (Fsp3) is 0.167. The SMILES string of the molecule is CNC(=O)c1[nH]c(=O)[nH]c1Cc1ccccc1. The number of rotatable bonds is 3. The van der Waals surface area contributed by atoms with Gasteiger partial charge in [0.2, 0.25) is 0 Å². The van der Waals surface area contributed by atoms with Crippen LogP contribution >= 0.6 is 0 Å². The lowest BCUT2D eigenvalue weighted by molar-refractivity contribution is 0.0957. The summed E-state index contributed by atoms with van der Waals surface area (Å²) in [6.45, 7) is 0. The number of amides is 1. The Kier molecular flexibility index (Phi) is 3.09. The predicted octanol–water partition coefficient (Wildman–Crippen LogP) is 0.653. The van der Waals surface area contributed by atoms with Crippen LogP contribution in [0.5, 0.6) is 0 Å². The molecule has 1 heterocycles. The van der Waals surface area contributed by atoms with Gasteiger partial charge in [-0.05, 0) is 5.56 Å². The number of carbonyl (C=O) groups is 1. The van der Waals surface area contributed by atoms with Crippen molar-refractivity contribution in [3.05, 3.63) is 57.8 Å². The molecule has 88 valence electrons. The average Bonchev–Trinajstić information content (AvgIpc) is 2.70. The van der Waals surface area contributed by atoms with Crippen LogP contribution in [0.3, 0.4) is 0 Å². The van der Waals surface area contributed by atoms with Gasteiger partial charge in [0.15, 0.2) is 0 Å².